The van der Waals surface area contributed by atoms with E-state index in [-0.39, 0.29) is 5.92 Å². The zero-order valence-electron chi connectivity index (χ0n) is 14.2. The predicted molar refractivity (Wildman–Crippen MR) is 95.6 cm³/mol. The van der Waals surface area contributed by atoms with Crippen LogP contribution in [-0.2, 0) is 4.79 Å². The van der Waals surface area contributed by atoms with Crippen LogP contribution < -0.4 is 0 Å². The van der Waals surface area contributed by atoms with E-state index in [0.29, 0.717) is 5.91 Å². The number of benzene rings is 1. The van der Waals surface area contributed by atoms with E-state index in [1.165, 1.54) is 22.3 Å². The number of carbonyl (C=O) groups excluding carboxylic acids is 1. The van der Waals surface area contributed by atoms with E-state index < -0.39 is 0 Å². The van der Waals surface area contributed by atoms with E-state index in [0.717, 1.165) is 43.9 Å². The molecule has 1 atom stereocenters. The largest absolute Gasteiger partial charge is 0.345 e. The zero-order valence-corrected chi connectivity index (χ0v) is 15.0. The fraction of sp³-hybridized carbons (Fsp3) is 0.526. The quantitative estimate of drug-likeness (QED) is 0.844. The van der Waals surface area contributed by atoms with Crippen LogP contribution >= 0.6 is 11.6 Å². The lowest BCUT2D eigenvalue weighted by molar-refractivity contribution is -0.129. The average Bonchev–Trinajstić information content (AvgIpc) is 2.83. The molecule has 0 aliphatic carbocycles. The van der Waals surface area contributed by atoms with Gasteiger partial charge in [-0.15, -0.1) is 0 Å². The molecular formula is C19H25ClN2O. The lowest BCUT2D eigenvalue weighted by atomic mass is 9.86. The second kappa shape index (κ2) is 6.66. The van der Waals surface area contributed by atoms with Gasteiger partial charge in [0, 0.05) is 37.6 Å². The summed E-state index contributed by atoms with van der Waals surface area (Å²) in [6.07, 6.45) is 2.93. The van der Waals surface area contributed by atoms with E-state index in [4.69, 9.17) is 11.6 Å². The zero-order chi connectivity index (χ0) is 16.6. The molecule has 0 N–H and O–H groups in total. The highest BCUT2D eigenvalue weighted by molar-refractivity contribution is 6.30. The molecule has 0 saturated carbocycles. The number of likely N-dealkylation sites (N-methyl/N-ethyl adjacent to an activating group) is 1. The third kappa shape index (κ3) is 3.46. The molecule has 1 aromatic carbocycles. The van der Waals surface area contributed by atoms with Crippen LogP contribution in [0.5, 0.6) is 0 Å². The molecule has 0 bridgehead atoms. The molecule has 3 nitrogen and oxygen atoms in total. The molecule has 4 heteroatoms. The van der Waals surface area contributed by atoms with Crippen LogP contribution in [0.2, 0.25) is 5.02 Å². The van der Waals surface area contributed by atoms with Gasteiger partial charge in [0.2, 0.25) is 5.91 Å². The van der Waals surface area contributed by atoms with Crippen LogP contribution in [0.1, 0.15) is 30.4 Å². The average molecular weight is 333 g/mol. The van der Waals surface area contributed by atoms with E-state index in [1.807, 2.05) is 18.0 Å². The second-order valence-electron chi connectivity index (χ2n) is 6.98. The summed E-state index contributed by atoms with van der Waals surface area (Å²) in [5, 5.41) is 0.780. The molecule has 2 aliphatic heterocycles. The second-order valence-corrected chi connectivity index (χ2v) is 7.42. The SMILES string of the molecule is Cc1ccc(Cl)cc1C1=C(CC2CCN(C)C2=O)CCN(C)C1. The first-order chi connectivity index (χ1) is 11.0. The van der Waals surface area contributed by atoms with Crippen molar-refractivity contribution in [3.63, 3.8) is 0 Å². The Hall–Kier alpha value is -1.32. The molecule has 1 aromatic rings. The number of aryl methyl sites for hydroxylation is 1. The van der Waals surface area contributed by atoms with Gasteiger partial charge in [-0.25, -0.2) is 0 Å². The first kappa shape index (κ1) is 16.5. The maximum atomic E-state index is 12.3. The van der Waals surface area contributed by atoms with Crippen molar-refractivity contribution in [2.24, 2.45) is 5.92 Å². The molecule has 2 heterocycles. The summed E-state index contributed by atoms with van der Waals surface area (Å²) < 4.78 is 0. The predicted octanol–water partition coefficient (Wildman–Crippen LogP) is 3.61. The minimum atomic E-state index is 0.160. The van der Waals surface area contributed by atoms with Crippen LogP contribution in [0.25, 0.3) is 5.57 Å². The number of hydrogen-bond acceptors (Lipinski definition) is 2. The van der Waals surface area contributed by atoms with Gasteiger partial charge in [-0.2, -0.15) is 0 Å². The molecule has 0 aromatic heterocycles. The van der Waals surface area contributed by atoms with Gasteiger partial charge in [0.15, 0.2) is 0 Å². The molecule has 2 aliphatic rings. The Labute approximate surface area is 143 Å². The van der Waals surface area contributed by atoms with E-state index >= 15 is 0 Å². The van der Waals surface area contributed by atoms with Gasteiger partial charge in [-0.1, -0.05) is 23.2 Å². The van der Waals surface area contributed by atoms with Gasteiger partial charge in [0.25, 0.3) is 0 Å². The third-order valence-corrected chi connectivity index (χ3v) is 5.44. The third-order valence-electron chi connectivity index (χ3n) is 5.21. The lowest BCUT2D eigenvalue weighted by Gasteiger charge is -2.30. The fourth-order valence-electron chi connectivity index (χ4n) is 3.74. The van der Waals surface area contributed by atoms with Crippen LogP contribution in [0.4, 0.5) is 0 Å². The Morgan fingerprint density at radius 3 is 2.74 bits per heavy atom. The lowest BCUT2D eigenvalue weighted by Crippen LogP contribution is -2.29. The Kier molecular flexibility index (Phi) is 4.79. The molecular weight excluding hydrogens is 308 g/mol. The van der Waals surface area contributed by atoms with Gasteiger partial charge in [0.05, 0.1) is 0 Å². The monoisotopic (exact) mass is 332 g/mol. The van der Waals surface area contributed by atoms with E-state index in [2.05, 4.69) is 31.0 Å². The van der Waals surface area contributed by atoms with Crippen LogP contribution in [0.15, 0.2) is 23.8 Å². The summed E-state index contributed by atoms with van der Waals surface area (Å²) in [5.41, 5.74) is 5.33. The summed E-state index contributed by atoms with van der Waals surface area (Å²) in [6, 6.07) is 6.11. The minimum Gasteiger partial charge on any atom is -0.345 e. The van der Waals surface area contributed by atoms with Gasteiger partial charge in [0.1, 0.15) is 0 Å². The summed E-state index contributed by atoms with van der Waals surface area (Å²) in [5.74, 6) is 0.464. The first-order valence-electron chi connectivity index (χ1n) is 8.36. The summed E-state index contributed by atoms with van der Waals surface area (Å²) in [7, 11) is 4.07. The number of halogens is 1. The van der Waals surface area contributed by atoms with E-state index in [1.54, 1.807) is 0 Å². The van der Waals surface area contributed by atoms with Gasteiger partial charge in [-0.05, 0) is 62.1 Å². The molecule has 3 rings (SSSR count). The van der Waals surface area contributed by atoms with Crippen LogP contribution in [0, 0.1) is 12.8 Å². The molecule has 0 spiro atoms. The van der Waals surface area contributed by atoms with Crippen molar-refractivity contribution in [2.45, 2.75) is 26.2 Å². The molecule has 124 valence electrons. The van der Waals surface area contributed by atoms with Crippen LogP contribution in [0.3, 0.4) is 0 Å². The number of amides is 1. The standard InChI is InChI=1S/C19H25ClN2O/c1-13-4-5-16(20)11-17(13)18-12-21(2)8-6-14(18)10-15-7-9-22(3)19(15)23/h4-5,11,15H,6-10,12H2,1-3H3. The molecule has 1 unspecified atom stereocenters. The molecule has 0 radical (unpaired) electrons. The fourth-order valence-corrected chi connectivity index (χ4v) is 3.91. The molecule has 1 amide bonds. The number of likely N-dealkylation sites (tertiary alicyclic amines) is 1. The molecule has 23 heavy (non-hydrogen) atoms. The van der Waals surface area contributed by atoms with Crippen LogP contribution in [-0.4, -0.2) is 49.4 Å². The number of carbonyl (C=O) groups is 1. The van der Waals surface area contributed by atoms with Gasteiger partial charge < -0.3 is 9.80 Å². The summed E-state index contributed by atoms with van der Waals surface area (Å²) in [6.45, 7) is 5.03. The first-order valence-corrected chi connectivity index (χ1v) is 8.74. The highest BCUT2D eigenvalue weighted by Gasteiger charge is 2.31. The van der Waals surface area contributed by atoms with Gasteiger partial charge in [-0.3, -0.25) is 4.79 Å². The summed E-state index contributed by atoms with van der Waals surface area (Å²) in [4.78, 5) is 16.5. The van der Waals surface area contributed by atoms with Crippen molar-refractivity contribution in [1.82, 2.24) is 9.80 Å². The van der Waals surface area contributed by atoms with Crippen molar-refractivity contribution in [3.8, 4) is 0 Å². The maximum absolute atomic E-state index is 12.3. The topological polar surface area (TPSA) is 23.6 Å². The number of hydrogen-bond donors (Lipinski definition) is 0. The Morgan fingerprint density at radius 2 is 2.04 bits per heavy atom. The van der Waals surface area contributed by atoms with E-state index in [9.17, 15) is 4.79 Å². The van der Waals surface area contributed by atoms with Crippen molar-refractivity contribution >= 4 is 23.1 Å². The Morgan fingerprint density at radius 1 is 1.26 bits per heavy atom. The highest BCUT2D eigenvalue weighted by atomic mass is 35.5. The minimum absolute atomic E-state index is 0.160. The van der Waals surface area contributed by atoms with Crippen molar-refractivity contribution in [2.75, 3.05) is 33.7 Å². The highest BCUT2D eigenvalue weighted by Crippen LogP contribution is 2.35. The maximum Gasteiger partial charge on any atom is 0.225 e. The Bertz CT molecular complexity index is 653. The summed E-state index contributed by atoms with van der Waals surface area (Å²) >= 11 is 6.24. The normalized spacial score (nSPS) is 23.0. The van der Waals surface area contributed by atoms with Crippen molar-refractivity contribution < 1.29 is 4.79 Å². The molecule has 1 saturated heterocycles. The number of rotatable bonds is 3. The Balaban J connectivity index is 1.95. The van der Waals surface area contributed by atoms with Crippen molar-refractivity contribution in [3.05, 3.63) is 39.9 Å². The molecule has 1 fully saturated rings. The number of nitrogens with zero attached hydrogens (tertiary/aromatic N) is 2. The smallest absolute Gasteiger partial charge is 0.225 e. The van der Waals surface area contributed by atoms with Crippen molar-refractivity contribution in [1.29, 1.82) is 0 Å². The van der Waals surface area contributed by atoms with Gasteiger partial charge >= 0.3 is 0 Å².